The zero-order valence-corrected chi connectivity index (χ0v) is 57.9. The number of likely N-dealkylation sites (N-methyl/N-ethyl adjacent to an activating group) is 6. The zero-order valence-electron chi connectivity index (χ0n) is 57.1. The fourth-order valence-electron chi connectivity index (χ4n) is 13.3. The maximum absolute atomic E-state index is 15.2. The first-order valence-corrected chi connectivity index (χ1v) is 33.4. The smallest absolute Gasteiger partial charge is 0.351 e. The van der Waals surface area contributed by atoms with Crippen LogP contribution in [0.5, 0.6) is 0 Å². The molecule has 2 aromatic rings. The lowest BCUT2D eigenvalue weighted by Gasteiger charge is -2.45. The fraction of sp³-hybridized carbons (Fsp3) is 0.662. The molecule has 26 heteroatoms. The Labute approximate surface area is 556 Å². The number of carbonyl (C=O) groups excluding carboxylic acids is 11. The Hall–Kier alpha value is -7.31. The van der Waals surface area contributed by atoms with Gasteiger partial charge in [0.05, 0.1) is 17.1 Å². The monoisotopic (exact) mass is 1340 g/mol. The molecule has 520 valence electrons. The first kappa shape index (κ1) is 75.7. The van der Waals surface area contributed by atoms with Gasteiger partial charge < -0.3 is 55.6 Å². The molecular weight excluding hydrogens is 1240 g/mol. The number of amides is 11. The van der Waals surface area contributed by atoms with E-state index < -0.39 is 154 Å². The number of fused-ring (bicyclic) bond motifs is 1. The van der Waals surface area contributed by atoms with E-state index in [1.165, 1.54) is 86.7 Å². The highest BCUT2D eigenvalue weighted by Crippen LogP contribution is 2.38. The van der Waals surface area contributed by atoms with Crippen LogP contribution in [-0.4, -0.2) is 215 Å². The quantitative estimate of drug-likeness (QED) is 0.226. The van der Waals surface area contributed by atoms with Crippen LogP contribution in [-0.2, 0) is 71.8 Å². The topological polar surface area (TPSA) is 259 Å². The molecule has 11 amide bonds. The van der Waals surface area contributed by atoms with E-state index >= 15 is 4.79 Å². The number of hydrogen-bond donors (Lipinski definition) is 4. The minimum Gasteiger partial charge on any atom is -0.351 e. The average molecular weight is 1340 g/mol. The lowest BCUT2D eigenvalue weighted by Crippen LogP contribution is -2.65. The summed E-state index contributed by atoms with van der Waals surface area (Å²) in [4.78, 5) is 170. The van der Waals surface area contributed by atoms with Crippen molar-refractivity contribution in [3.63, 3.8) is 0 Å². The Morgan fingerprint density at radius 3 is 1.82 bits per heavy atom. The van der Waals surface area contributed by atoms with Crippen molar-refractivity contribution in [1.82, 2.24) is 55.6 Å². The van der Waals surface area contributed by atoms with Gasteiger partial charge in [-0.3, -0.25) is 52.7 Å². The predicted molar refractivity (Wildman–Crippen MR) is 348 cm³/mol. The Bertz CT molecular complexity index is 3100. The third-order valence-corrected chi connectivity index (χ3v) is 20.2. The molecule has 22 nitrogen and oxygen atoms in total. The highest BCUT2D eigenvalue weighted by atomic mass is 35.5. The van der Waals surface area contributed by atoms with E-state index in [1.54, 1.807) is 26.0 Å². The number of nitrogens with zero attached hydrogens (tertiary/aromatic N) is 7. The molecule has 0 radical (unpaired) electrons. The Balaban J connectivity index is 1.39. The van der Waals surface area contributed by atoms with Gasteiger partial charge in [-0.1, -0.05) is 107 Å². The summed E-state index contributed by atoms with van der Waals surface area (Å²) in [5, 5.41) is 11.0. The third kappa shape index (κ3) is 18.2. The van der Waals surface area contributed by atoms with E-state index in [9.17, 15) is 61.1 Å². The van der Waals surface area contributed by atoms with Crippen molar-refractivity contribution < 1.29 is 65.9 Å². The molecule has 4 aliphatic rings. The Morgan fingerprint density at radius 2 is 1.26 bits per heavy atom. The first-order valence-electron chi connectivity index (χ1n) is 33.0. The van der Waals surface area contributed by atoms with Crippen LogP contribution in [0.1, 0.15) is 154 Å². The van der Waals surface area contributed by atoms with Crippen LogP contribution in [0, 0.1) is 24.7 Å². The van der Waals surface area contributed by atoms with E-state index in [4.69, 9.17) is 11.6 Å². The van der Waals surface area contributed by atoms with Gasteiger partial charge in [0.2, 0.25) is 65.0 Å². The molecule has 6 rings (SSSR count). The van der Waals surface area contributed by atoms with Gasteiger partial charge in [-0.2, -0.15) is 13.2 Å². The molecule has 2 aromatic carbocycles. The minimum absolute atomic E-state index is 0.0351. The maximum atomic E-state index is 15.2. The van der Waals surface area contributed by atoms with Gasteiger partial charge in [0.1, 0.15) is 53.9 Å². The fourth-order valence-corrected chi connectivity index (χ4v) is 13.6. The van der Waals surface area contributed by atoms with Gasteiger partial charge in [-0.25, -0.2) is 0 Å². The molecule has 4 N–H and O–H groups in total. The molecule has 0 bridgehead atoms. The largest absolute Gasteiger partial charge is 0.417 e. The molecule has 1 spiro atoms. The predicted octanol–water partition coefficient (Wildman–Crippen LogP) is 5.67. The molecule has 2 heterocycles. The molecule has 0 aromatic heterocycles. The normalized spacial score (nSPS) is 26.9. The first-order chi connectivity index (χ1) is 44.0. The van der Waals surface area contributed by atoms with E-state index in [0.29, 0.717) is 37.7 Å². The van der Waals surface area contributed by atoms with E-state index in [-0.39, 0.29) is 75.3 Å². The summed E-state index contributed by atoms with van der Waals surface area (Å²) in [6.45, 7) is 13.4. The lowest BCUT2D eigenvalue weighted by molar-refractivity contribution is -0.160. The molecule has 10 atom stereocenters. The third-order valence-electron chi connectivity index (χ3n) is 19.9. The standard InChI is InChI=1S/C68H99ClF3N11O11/c1-15-41(5)56-65(93)79(11)44(8)61(89)83-33-30-51(83)64(92)81(13)53(37-46-24-22-40(4)23-25-46)63(91)77(9)38-54(84)74-50(29-27-45-26-28-48(49(69)36-45)68(70,71)72)62(90)78(10)43(7)58(86)76-67(31-18-19-32-67)66(94)82(14)57(47-20-16-17-21-47)60(88)73-42(6)35-55(85)80(12)52(34-39(2)3)59(87)75-56/h22-26,28,36,39,41-44,47,50-53,56-57H,15-21,27,29-35,37-38H2,1-14H3,(H,73,88)(H,74,84)(H,75,87)(H,76,86)/t41-,42?,43-,44?,50-,51-,52?,53-,56?,57-/m0/s1. The maximum Gasteiger partial charge on any atom is 0.417 e. The van der Waals surface area contributed by atoms with Crippen molar-refractivity contribution in [3.05, 3.63) is 69.7 Å². The summed E-state index contributed by atoms with van der Waals surface area (Å²) in [6.07, 6.45) is -0.213. The van der Waals surface area contributed by atoms with Crippen molar-refractivity contribution >= 4 is 76.6 Å². The lowest BCUT2D eigenvalue weighted by atomic mass is 9.90. The zero-order chi connectivity index (χ0) is 70.0. The summed E-state index contributed by atoms with van der Waals surface area (Å²) in [7, 11) is 8.52. The summed E-state index contributed by atoms with van der Waals surface area (Å²) < 4.78 is 41.4. The second-order valence-electron chi connectivity index (χ2n) is 27.2. The SMILES string of the molecule is CC[C@H](C)C1NC(=O)C(CC(C)C)N(C)C(=O)CC(C)NC(=O)[C@H](C2CCCC2)N(C)C(=O)C2(CCCC2)NC(=O)[C@H](C)N(C)C(=O)[C@H](CCc2ccc(C(F)(F)F)c(Cl)c2)NC(=O)CN(C)C(=O)[C@H](Cc2ccc(C)cc2)N(C)C(=O)[C@@H]2CCN2C(=O)C(C)N(C)C1=O. The highest BCUT2D eigenvalue weighted by molar-refractivity contribution is 6.31. The molecule has 2 aliphatic heterocycles. The van der Waals surface area contributed by atoms with Gasteiger partial charge in [-0.15, -0.1) is 0 Å². The average Bonchev–Trinajstić information content (AvgIpc) is 1.30. The number of hydrogen-bond acceptors (Lipinski definition) is 11. The summed E-state index contributed by atoms with van der Waals surface area (Å²) in [6, 6.07) is 0.0538. The number of aryl methyl sites for hydroxylation is 2. The number of halogens is 4. The van der Waals surface area contributed by atoms with E-state index in [0.717, 1.165) is 40.3 Å². The summed E-state index contributed by atoms with van der Waals surface area (Å²) in [5.74, 6) is -7.83. The number of alkyl halides is 3. The van der Waals surface area contributed by atoms with Crippen LogP contribution in [0.15, 0.2) is 42.5 Å². The molecular formula is C68H99ClF3N11O11. The molecule has 2 saturated heterocycles. The molecule has 4 unspecified atom stereocenters. The summed E-state index contributed by atoms with van der Waals surface area (Å²) >= 11 is 6.11. The highest BCUT2D eigenvalue weighted by Gasteiger charge is 2.50. The van der Waals surface area contributed by atoms with Crippen molar-refractivity contribution in [1.29, 1.82) is 0 Å². The van der Waals surface area contributed by atoms with E-state index in [2.05, 4.69) is 21.3 Å². The molecule has 2 aliphatic carbocycles. The second-order valence-corrected chi connectivity index (χ2v) is 27.6. The number of rotatable bonds is 10. The van der Waals surface area contributed by atoms with Gasteiger partial charge in [0.15, 0.2) is 0 Å². The number of nitrogens with one attached hydrogen (secondary N) is 4. The van der Waals surface area contributed by atoms with Crippen LogP contribution >= 0.6 is 11.6 Å². The molecule has 2 saturated carbocycles. The van der Waals surface area contributed by atoms with Crippen molar-refractivity contribution in [3.8, 4) is 0 Å². The number of benzene rings is 2. The van der Waals surface area contributed by atoms with Crippen LogP contribution in [0.25, 0.3) is 0 Å². The number of carbonyl (C=O) groups is 11. The van der Waals surface area contributed by atoms with Crippen LogP contribution < -0.4 is 21.3 Å². The van der Waals surface area contributed by atoms with Crippen molar-refractivity contribution in [2.24, 2.45) is 17.8 Å². The van der Waals surface area contributed by atoms with Crippen molar-refractivity contribution in [2.45, 2.75) is 218 Å². The molecule has 94 heavy (non-hydrogen) atoms. The van der Waals surface area contributed by atoms with Crippen LogP contribution in [0.3, 0.4) is 0 Å². The van der Waals surface area contributed by atoms with Gasteiger partial charge in [-0.05, 0) is 120 Å². The Morgan fingerprint density at radius 1 is 0.649 bits per heavy atom. The summed E-state index contributed by atoms with van der Waals surface area (Å²) in [5.41, 5.74) is -0.733. The van der Waals surface area contributed by atoms with Crippen LogP contribution in [0.4, 0.5) is 13.2 Å². The minimum atomic E-state index is -4.76. The van der Waals surface area contributed by atoms with Gasteiger partial charge >= 0.3 is 6.18 Å². The Kier molecular flexibility index (Phi) is 26.1. The van der Waals surface area contributed by atoms with Gasteiger partial charge in [0.25, 0.3) is 0 Å². The molecule has 4 fully saturated rings. The van der Waals surface area contributed by atoms with Crippen LogP contribution in [0.2, 0.25) is 5.02 Å². The van der Waals surface area contributed by atoms with E-state index in [1.807, 2.05) is 39.8 Å². The van der Waals surface area contributed by atoms with Gasteiger partial charge in [0, 0.05) is 67.7 Å². The van der Waals surface area contributed by atoms with Crippen molar-refractivity contribution in [2.75, 3.05) is 55.4 Å². The second kappa shape index (κ2) is 32.4.